The van der Waals surface area contributed by atoms with Gasteiger partial charge in [-0.3, -0.25) is 0 Å². The molecule has 2 unspecified atom stereocenters. The van der Waals surface area contributed by atoms with Crippen molar-refractivity contribution in [2.75, 3.05) is 6.26 Å². The molecule has 0 aromatic carbocycles. The Kier molecular flexibility index (Phi) is 3.27. The quantitative estimate of drug-likeness (QED) is 0.578. The summed E-state index contributed by atoms with van der Waals surface area (Å²) in [6.45, 7) is 0. The van der Waals surface area contributed by atoms with Crippen molar-refractivity contribution in [1.82, 2.24) is 0 Å². The lowest BCUT2D eigenvalue weighted by Gasteiger charge is -2.25. The molecule has 0 saturated heterocycles. The Bertz CT molecular complexity index is 83.0. The maximum atomic E-state index is 4.52. The lowest BCUT2D eigenvalue weighted by atomic mass is 10.00. The Morgan fingerprint density at radius 3 is 2.44 bits per heavy atom. The minimum atomic E-state index is 0.675. The van der Waals surface area contributed by atoms with Crippen LogP contribution < -0.4 is 0 Å². The van der Waals surface area contributed by atoms with E-state index in [0.717, 1.165) is 5.25 Å². The minimum absolute atomic E-state index is 0.675. The molecule has 2 heteroatoms. The van der Waals surface area contributed by atoms with Gasteiger partial charge >= 0.3 is 0 Å². The fraction of sp³-hybridized carbons (Fsp3) is 1.00. The van der Waals surface area contributed by atoms with E-state index in [1.165, 1.54) is 25.7 Å². The van der Waals surface area contributed by atoms with Crippen LogP contribution >= 0.6 is 24.4 Å². The molecule has 0 radical (unpaired) electrons. The lowest BCUT2D eigenvalue weighted by Crippen LogP contribution is -2.21. The van der Waals surface area contributed by atoms with Crippen LogP contribution in [0, 0.1) is 0 Å². The van der Waals surface area contributed by atoms with Crippen LogP contribution in [0.3, 0.4) is 0 Å². The van der Waals surface area contributed by atoms with Gasteiger partial charge in [-0.2, -0.15) is 24.4 Å². The molecule has 0 amide bonds. The van der Waals surface area contributed by atoms with Crippen molar-refractivity contribution < 1.29 is 0 Å². The maximum absolute atomic E-state index is 4.52. The van der Waals surface area contributed by atoms with Crippen LogP contribution in [0.25, 0.3) is 0 Å². The highest BCUT2D eigenvalue weighted by Gasteiger charge is 2.20. The van der Waals surface area contributed by atoms with Crippen LogP contribution in [0.2, 0.25) is 0 Å². The van der Waals surface area contributed by atoms with Crippen molar-refractivity contribution >= 4 is 24.4 Å². The first-order chi connectivity index (χ1) is 4.34. The zero-order chi connectivity index (χ0) is 6.69. The van der Waals surface area contributed by atoms with Crippen molar-refractivity contribution in [2.45, 2.75) is 36.2 Å². The van der Waals surface area contributed by atoms with E-state index in [2.05, 4.69) is 18.9 Å². The molecule has 1 fully saturated rings. The second-order valence-corrected chi connectivity index (χ2v) is 4.37. The predicted octanol–water partition coefficient (Wildman–Crippen LogP) is 2.59. The van der Waals surface area contributed by atoms with Crippen LogP contribution in [-0.2, 0) is 0 Å². The van der Waals surface area contributed by atoms with Gasteiger partial charge in [0.05, 0.1) is 0 Å². The first-order valence-electron chi connectivity index (χ1n) is 3.55. The topological polar surface area (TPSA) is 0 Å². The number of thiol groups is 1. The van der Waals surface area contributed by atoms with E-state index >= 15 is 0 Å². The molecule has 1 aliphatic rings. The maximum Gasteiger partial charge on any atom is 0.0161 e. The SMILES string of the molecule is CSC1CCCCC1S. The van der Waals surface area contributed by atoms with E-state index in [4.69, 9.17) is 0 Å². The fourth-order valence-corrected chi connectivity index (χ4v) is 2.90. The van der Waals surface area contributed by atoms with Crippen LogP contribution in [-0.4, -0.2) is 16.8 Å². The minimum Gasteiger partial charge on any atom is -0.175 e. The number of hydrogen-bond acceptors (Lipinski definition) is 2. The number of hydrogen-bond donors (Lipinski definition) is 1. The van der Waals surface area contributed by atoms with Gasteiger partial charge in [-0.15, -0.1) is 0 Å². The molecule has 0 aromatic rings. The monoisotopic (exact) mass is 162 g/mol. The van der Waals surface area contributed by atoms with E-state index in [1.807, 2.05) is 11.8 Å². The van der Waals surface area contributed by atoms with E-state index < -0.39 is 0 Å². The smallest absolute Gasteiger partial charge is 0.0161 e. The normalized spacial score (nSPS) is 36.7. The Balaban J connectivity index is 2.30. The Hall–Kier alpha value is 0.700. The first-order valence-corrected chi connectivity index (χ1v) is 5.36. The van der Waals surface area contributed by atoms with Crippen LogP contribution in [0.15, 0.2) is 0 Å². The van der Waals surface area contributed by atoms with Gasteiger partial charge in [-0.25, -0.2) is 0 Å². The third-order valence-electron chi connectivity index (χ3n) is 1.97. The largest absolute Gasteiger partial charge is 0.175 e. The molecule has 1 rings (SSSR count). The van der Waals surface area contributed by atoms with Crippen LogP contribution in [0.1, 0.15) is 25.7 Å². The summed E-state index contributed by atoms with van der Waals surface area (Å²) < 4.78 is 0. The van der Waals surface area contributed by atoms with Gasteiger partial charge in [0.1, 0.15) is 0 Å². The summed E-state index contributed by atoms with van der Waals surface area (Å²) >= 11 is 6.49. The summed E-state index contributed by atoms with van der Waals surface area (Å²) in [4.78, 5) is 0. The van der Waals surface area contributed by atoms with Crippen molar-refractivity contribution in [3.8, 4) is 0 Å². The highest BCUT2D eigenvalue weighted by molar-refractivity contribution is 8.00. The molecule has 1 saturated carbocycles. The number of rotatable bonds is 1. The highest BCUT2D eigenvalue weighted by Crippen LogP contribution is 2.30. The summed E-state index contributed by atoms with van der Waals surface area (Å²) in [5, 5.41) is 1.51. The Morgan fingerprint density at radius 1 is 1.33 bits per heavy atom. The van der Waals surface area contributed by atoms with Gasteiger partial charge in [0.15, 0.2) is 0 Å². The average Bonchev–Trinajstić information content (AvgIpc) is 1.89. The van der Waals surface area contributed by atoms with Gasteiger partial charge in [0.2, 0.25) is 0 Å². The molecule has 0 aliphatic heterocycles. The molecule has 2 atom stereocenters. The lowest BCUT2D eigenvalue weighted by molar-refractivity contribution is 0.530. The van der Waals surface area contributed by atoms with Gasteiger partial charge in [-0.1, -0.05) is 12.8 Å². The standard InChI is InChI=1S/C7H14S2/c1-9-7-5-3-2-4-6(7)8/h6-8H,2-5H2,1H3. The van der Waals surface area contributed by atoms with E-state index in [-0.39, 0.29) is 0 Å². The second-order valence-electron chi connectivity index (χ2n) is 2.63. The average molecular weight is 162 g/mol. The molecular weight excluding hydrogens is 148 g/mol. The fourth-order valence-electron chi connectivity index (χ4n) is 1.35. The van der Waals surface area contributed by atoms with Crippen LogP contribution in [0.4, 0.5) is 0 Å². The molecule has 0 bridgehead atoms. The van der Waals surface area contributed by atoms with Crippen molar-refractivity contribution in [2.24, 2.45) is 0 Å². The molecule has 0 nitrogen and oxygen atoms in total. The Morgan fingerprint density at radius 2 is 2.00 bits per heavy atom. The first kappa shape index (κ1) is 7.80. The van der Waals surface area contributed by atoms with Crippen LogP contribution in [0.5, 0.6) is 0 Å². The zero-order valence-corrected chi connectivity index (χ0v) is 7.55. The predicted molar refractivity (Wildman–Crippen MR) is 48.5 cm³/mol. The highest BCUT2D eigenvalue weighted by atomic mass is 32.2. The summed E-state index contributed by atoms with van der Waals surface area (Å²) in [5.74, 6) is 0. The molecule has 54 valence electrons. The third kappa shape index (κ3) is 2.08. The van der Waals surface area contributed by atoms with Crippen molar-refractivity contribution in [3.63, 3.8) is 0 Å². The molecule has 0 aromatic heterocycles. The van der Waals surface area contributed by atoms with Crippen molar-refractivity contribution in [1.29, 1.82) is 0 Å². The molecule has 0 heterocycles. The second kappa shape index (κ2) is 3.77. The Labute approximate surface area is 67.2 Å². The summed E-state index contributed by atoms with van der Waals surface area (Å²) in [6, 6.07) is 0. The number of thioether (sulfide) groups is 1. The summed E-state index contributed by atoms with van der Waals surface area (Å²) in [7, 11) is 0. The molecule has 0 N–H and O–H groups in total. The summed E-state index contributed by atoms with van der Waals surface area (Å²) in [6.07, 6.45) is 7.72. The molecule has 9 heavy (non-hydrogen) atoms. The van der Waals surface area contributed by atoms with Gasteiger partial charge < -0.3 is 0 Å². The van der Waals surface area contributed by atoms with Gasteiger partial charge in [0, 0.05) is 10.5 Å². The van der Waals surface area contributed by atoms with Crippen molar-refractivity contribution in [3.05, 3.63) is 0 Å². The molecule has 0 spiro atoms. The third-order valence-corrected chi connectivity index (χ3v) is 3.96. The molecular formula is C7H14S2. The van der Waals surface area contributed by atoms with E-state index in [1.54, 1.807) is 0 Å². The molecule has 1 aliphatic carbocycles. The van der Waals surface area contributed by atoms with E-state index in [9.17, 15) is 0 Å². The van der Waals surface area contributed by atoms with Gasteiger partial charge in [0.25, 0.3) is 0 Å². The zero-order valence-electron chi connectivity index (χ0n) is 5.84. The summed E-state index contributed by atoms with van der Waals surface area (Å²) in [5.41, 5.74) is 0. The van der Waals surface area contributed by atoms with Gasteiger partial charge in [-0.05, 0) is 19.1 Å². The van der Waals surface area contributed by atoms with E-state index in [0.29, 0.717) is 5.25 Å².